The number of carbonyl (C=O) groups is 1. The van der Waals surface area contributed by atoms with Crippen LogP contribution in [0.2, 0.25) is 0 Å². The van der Waals surface area contributed by atoms with Crippen molar-refractivity contribution in [2.45, 2.75) is 45.1 Å². The number of ether oxygens (including phenoxy) is 1. The van der Waals surface area contributed by atoms with Crippen molar-refractivity contribution in [1.29, 1.82) is 0 Å². The van der Waals surface area contributed by atoms with Crippen LogP contribution in [0, 0.1) is 0 Å². The second-order valence-corrected chi connectivity index (χ2v) is 7.32. The summed E-state index contributed by atoms with van der Waals surface area (Å²) in [4.78, 5) is 14.5. The van der Waals surface area contributed by atoms with Gasteiger partial charge in [0, 0.05) is 31.2 Å². The number of fused-ring (bicyclic) bond motifs is 1. The van der Waals surface area contributed by atoms with Gasteiger partial charge in [0.25, 0.3) is 0 Å². The molecule has 22 heavy (non-hydrogen) atoms. The number of morpholine rings is 1. The number of benzene rings is 1. The van der Waals surface area contributed by atoms with Crippen LogP contribution in [-0.4, -0.2) is 38.3 Å². The zero-order chi connectivity index (χ0) is 15.7. The summed E-state index contributed by atoms with van der Waals surface area (Å²) in [5, 5.41) is 3.35. The number of anilines is 1. The lowest BCUT2D eigenvalue weighted by Gasteiger charge is -2.26. The predicted molar refractivity (Wildman–Crippen MR) is 88.4 cm³/mol. The fourth-order valence-electron chi connectivity index (χ4n) is 3.20. The molecule has 1 aromatic carbocycles. The maximum absolute atomic E-state index is 12.6. The first kappa shape index (κ1) is 15.5. The molecule has 1 fully saturated rings. The van der Waals surface area contributed by atoms with Crippen LogP contribution in [0.3, 0.4) is 0 Å². The molecule has 1 amide bonds. The molecular weight excluding hydrogens is 276 g/mol. The van der Waals surface area contributed by atoms with Crippen LogP contribution in [0.1, 0.15) is 38.3 Å². The normalized spacial score (nSPS) is 21.8. The fourth-order valence-corrected chi connectivity index (χ4v) is 3.20. The van der Waals surface area contributed by atoms with Gasteiger partial charge in [-0.05, 0) is 29.0 Å². The largest absolute Gasteiger partial charge is 0.378 e. The Morgan fingerprint density at radius 3 is 2.91 bits per heavy atom. The van der Waals surface area contributed by atoms with E-state index in [2.05, 4.69) is 44.3 Å². The van der Waals surface area contributed by atoms with Crippen LogP contribution in [0.15, 0.2) is 18.2 Å². The van der Waals surface area contributed by atoms with Crippen molar-refractivity contribution in [3.8, 4) is 0 Å². The summed E-state index contributed by atoms with van der Waals surface area (Å²) in [6.07, 6.45) is 1.47. The lowest BCUT2D eigenvalue weighted by Crippen LogP contribution is -2.45. The van der Waals surface area contributed by atoms with Gasteiger partial charge in [0.2, 0.25) is 5.91 Å². The van der Waals surface area contributed by atoms with Crippen molar-refractivity contribution < 1.29 is 9.53 Å². The molecule has 4 nitrogen and oxygen atoms in total. The molecule has 3 rings (SSSR count). The number of nitrogens with zero attached hydrogens (tertiary/aromatic N) is 1. The Morgan fingerprint density at radius 1 is 1.41 bits per heavy atom. The Bertz CT molecular complexity index is 557. The van der Waals surface area contributed by atoms with Crippen LogP contribution in [0.4, 0.5) is 5.69 Å². The zero-order valence-electron chi connectivity index (χ0n) is 13.8. The van der Waals surface area contributed by atoms with Crippen molar-refractivity contribution in [2.24, 2.45) is 0 Å². The summed E-state index contributed by atoms with van der Waals surface area (Å²) in [5.41, 5.74) is 3.88. The minimum atomic E-state index is 0.149. The Labute approximate surface area is 132 Å². The standard InChI is InChI=1S/C18H26N2O2/c1-18(2,3)14-4-5-16-13(10-14)6-8-20(16)17(21)11-15-12-22-9-7-19-15/h4-5,10,15,19H,6-9,11-12H2,1-3H3. The van der Waals surface area contributed by atoms with Crippen molar-refractivity contribution >= 4 is 11.6 Å². The van der Waals surface area contributed by atoms with Crippen molar-refractivity contribution in [3.05, 3.63) is 29.3 Å². The molecule has 1 aromatic rings. The molecule has 1 N–H and O–H groups in total. The molecule has 1 unspecified atom stereocenters. The van der Waals surface area contributed by atoms with Gasteiger partial charge in [-0.15, -0.1) is 0 Å². The third-order valence-corrected chi connectivity index (χ3v) is 4.56. The highest BCUT2D eigenvalue weighted by molar-refractivity contribution is 5.95. The van der Waals surface area contributed by atoms with Gasteiger partial charge in [0.05, 0.1) is 13.2 Å². The van der Waals surface area contributed by atoms with Crippen molar-refractivity contribution in [1.82, 2.24) is 5.32 Å². The molecule has 2 aliphatic heterocycles. The smallest absolute Gasteiger partial charge is 0.228 e. The summed E-state index contributed by atoms with van der Waals surface area (Å²) in [6, 6.07) is 6.70. The van der Waals surface area contributed by atoms with E-state index in [1.54, 1.807) is 0 Å². The Balaban J connectivity index is 1.72. The molecule has 0 aliphatic carbocycles. The lowest BCUT2D eigenvalue weighted by atomic mass is 9.86. The van der Waals surface area contributed by atoms with Crippen LogP contribution in [-0.2, 0) is 21.4 Å². The summed E-state index contributed by atoms with van der Waals surface area (Å²) in [7, 11) is 0. The molecule has 1 saturated heterocycles. The number of carbonyl (C=O) groups excluding carboxylic acids is 1. The fraction of sp³-hybridized carbons (Fsp3) is 0.611. The highest BCUT2D eigenvalue weighted by Gasteiger charge is 2.28. The molecular formula is C18H26N2O2. The average molecular weight is 302 g/mol. The third-order valence-electron chi connectivity index (χ3n) is 4.56. The number of amides is 1. The Kier molecular flexibility index (Phi) is 4.24. The zero-order valence-corrected chi connectivity index (χ0v) is 13.8. The minimum Gasteiger partial charge on any atom is -0.378 e. The highest BCUT2D eigenvalue weighted by atomic mass is 16.5. The summed E-state index contributed by atoms with van der Waals surface area (Å²) in [6.45, 7) is 9.69. The van der Waals surface area contributed by atoms with E-state index in [9.17, 15) is 4.79 Å². The summed E-state index contributed by atoms with van der Waals surface area (Å²) < 4.78 is 5.44. The van der Waals surface area contributed by atoms with E-state index in [1.165, 1.54) is 11.1 Å². The monoisotopic (exact) mass is 302 g/mol. The van der Waals surface area contributed by atoms with Gasteiger partial charge < -0.3 is 15.0 Å². The second-order valence-electron chi connectivity index (χ2n) is 7.32. The highest BCUT2D eigenvalue weighted by Crippen LogP contribution is 2.33. The summed E-state index contributed by atoms with van der Waals surface area (Å²) >= 11 is 0. The number of nitrogens with one attached hydrogen (secondary N) is 1. The van der Waals surface area contributed by atoms with Gasteiger partial charge in [-0.2, -0.15) is 0 Å². The van der Waals surface area contributed by atoms with E-state index in [0.717, 1.165) is 31.8 Å². The molecule has 120 valence electrons. The van der Waals surface area contributed by atoms with E-state index in [1.807, 2.05) is 4.90 Å². The topological polar surface area (TPSA) is 41.6 Å². The van der Waals surface area contributed by atoms with Gasteiger partial charge in [-0.1, -0.05) is 32.9 Å². The number of hydrogen-bond acceptors (Lipinski definition) is 3. The SMILES string of the molecule is CC(C)(C)c1ccc2c(c1)CCN2C(=O)CC1COCCN1. The van der Waals surface area contributed by atoms with Gasteiger partial charge >= 0.3 is 0 Å². The quantitative estimate of drug-likeness (QED) is 0.911. The van der Waals surface area contributed by atoms with Gasteiger partial charge in [-0.25, -0.2) is 0 Å². The first-order valence-corrected chi connectivity index (χ1v) is 8.20. The summed E-state index contributed by atoms with van der Waals surface area (Å²) in [5.74, 6) is 0.199. The van der Waals surface area contributed by atoms with Crippen LogP contribution < -0.4 is 10.2 Å². The van der Waals surface area contributed by atoms with E-state index >= 15 is 0 Å². The van der Waals surface area contributed by atoms with Gasteiger partial charge in [0.1, 0.15) is 0 Å². The van der Waals surface area contributed by atoms with Crippen molar-refractivity contribution in [3.63, 3.8) is 0 Å². The second kappa shape index (κ2) is 6.01. The molecule has 0 bridgehead atoms. The minimum absolute atomic E-state index is 0.149. The molecule has 4 heteroatoms. The van der Waals surface area contributed by atoms with E-state index in [4.69, 9.17) is 4.74 Å². The maximum Gasteiger partial charge on any atom is 0.228 e. The molecule has 2 aliphatic rings. The average Bonchev–Trinajstić information content (AvgIpc) is 2.90. The van der Waals surface area contributed by atoms with Gasteiger partial charge in [0.15, 0.2) is 0 Å². The third kappa shape index (κ3) is 3.18. The first-order chi connectivity index (χ1) is 10.4. The molecule has 1 atom stereocenters. The van der Waals surface area contributed by atoms with Gasteiger partial charge in [-0.3, -0.25) is 4.79 Å². The van der Waals surface area contributed by atoms with Crippen LogP contribution in [0.5, 0.6) is 0 Å². The Hall–Kier alpha value is -1.39. The van der Waals surface area contributed by atoms with E-state index in [0.29, 0.717) is 13.0 Å². The molecule has 0 aromatic heterocycles. The predicted octanol–water partition coefficient (Wildman–Crippen LogP) is 2.25. The van der Waals surface area contributed by atoms with E-state index < -0.39 is 0 Å². The Morgan fingerprint density at radius 2 is 2.23 bits per heavy atom. The molecule has 0 spiro atoms. The lowest BCUT2D eigenvalue weighted by molar-refractivity contribution is -0.119. The molecule has 0 saturated carbocycles. The molecule has 2 heterocycles. The first-order valence-electron chi connectivity index (χ1n) is 8.20. The van der Waals surface area contributed by atoms with Crippen LogP contribution >= 0.6 is 0 Å². The van der Waals surface area contributed by atoms with Crippen molar-refractivity contribution in [2.75, 3.05) is 31.2 Å². The molecule has 0 radical (unpaired) electrons. The maximum atomic E-state index is 12.6. The number of rotatable bonds is 2. The van der Waals surface area contributed by atoms with E-state index in [-0.39, 0.29) is 17.4 Å². The van der Waals surface area contributed by atoms with Crippen LogP contribution in [0.25, 0.3) is 0 Å². The number of hydrogen-bond donors (Lipinski definition) is 1.